The lowest BCUT2D eigenvalue weighted by Crippen LogP contribution is -2.26. The molecule has 0 aliphatic rings. The quantitative estimate of drug-likeness (QED) is 0.858. The molecule has 1 heterocycles. The van der Waals surface area contributed by atoms with Crippen LogP contribution < -0.4 is 5.32 Å². The molecule has 0 unspecified atom stereocenters. The van der Waals surface area contributed by atoms with Gasteiger partial charge in [0, 0.05) is 41.6 Å². The monoisotopic (exact) mass is 294 g/mol. The van der Waals surface area contributed by atoms with Crippen molar-refractivity contribution in [3.8, 4) is 0 Å². The molecule has 20 heavy (non-hydrogen) atoms. The zero-order chi connectivity index (χ0) is 14.5. The van der Waals surface area contributed by atoms with Crippen LogP contribution in [0.5, 0.6) is 0 Å². The van der Waals surface area contributed by atoms with Gasteiger partial charge >= 0.3 is 5.97 Å². The number of carboxylic acids is 1. The summed E-state index contributed by atoms with van der Waals surface area (Å²) in [4.78, 5) is 21.9. The van der Waals surface area contributed by atoms with Gasteiger partial charge in [-0.15, -0.1) is 0 Å². The van der Waals surface area contributed by atoms with Gasteiger partial charge in [-0.1, -0.05) is 17.7 Å². The molecule has 0 spiro atoms. The van der Waals surface area contributed by atoms with E-state index in [2.05, 4.69) is 5.32 Å². The van der Waals surface area contributed by atoms with Crippen molar-refractivity contribution in [1.82, 2.24) is 9.88 Å². The van der Waals surface area contributed by atoms with E-state index in [0.717, 1.165) is 10.9 Å². The van der Waals surface area contributed by atoms with Crippen LogP contribution in [0.3, 0.4) is 0 Å². The molecule has 2 rings (SSSR count). The van der Waals surface area contributed by atoms with Crippen molar-refractivity contribution in [2.45, 2.75) is 19.4 Å². The van der Waals surface area contributed by atoms with Crippen LogP contribution in [0.25, 0.3) is 10.9 Å². The number of benzene rings is 1. The predicted molar refractivity (Wildman–Crippen MR) is 76.8 cm³/mol. The van der Waals surface area contributed by atoms with Gasteiger partial charge in [-0.2, -0.15) is 0 Å². The van der Waals surface area contributed by atoms with Gasteiger partial charge in [0.2, 0.25) is 5.91 Å². The third kappa shape index (κ3) is 3.51. The number of amides is 1. The normalized spacial score (nSPS) is 10.7. The minimum absolute atomic E-state index is 0.0617. The highest BCUT2D eigenvalue weighted by Gasteiger charge is 2.06. The van der Waals surface area contributed by atoms with E-state index in [1.54, 1.807) is 0 Å². The molecule has 1 amide bonds. The molecule has 0 aliphatic carbocycles. The molecule has 0 saturated carbocycles. The Labute approximate surface area is 121 Å². The highest BCUT2D eigenvalue weighted by molar-refractivity contribution is 6.35. The molecular weight excluding hydrogens is 280 g/mol. The lowest BCUT2D eigenvalue weighted by Gasteiger charge is -2.06. The fraction of sp³-hybridized carbons (Fsp3) is 0.286. The number of carbonyl (C=O) groups is 2. The van der Waals surface area contributed by atoms with Crippen LogP contribution in [-0.4, -0.2) is 28.1 Å². The van der Waals surface area contributed by atoms with Crippen molar-refractivity contribution in [3.63, 3.8) is 0 Å². The molecule has 0 atom stereocenters. The number of aromatic nitrogens is 1. The standard InChI is InChI=1S/C14H15ClN2O3/c15-11-2-1-3-12-10(11)5-8-17(12)9-6-13(18)16-7-4-14(19)20/h1-3,5,8H,4,6-7,9H2,(H,16,18)(H,19,20). The zero-order valence-electron chi connectivity index (χ0n) is 10.8. The highest BCUT2D eigenvalue weighted by Crippen LogP contribution is 2.24. The van der Waals surface area contributed by atoms with Gasteiger partial charge in [0.1, 0.15) is 0 Å². The molecule has 2 aromatic rings. The number of hydrogen-bond acceptors (Lipinski definition) is 2. The van der Waals surface area contributed by atoms with Crippen LogP contribution in [0.1, 0.15) is 12.8 Å². The van der Waals surface area contributed by atoms with Crippen molar-refractivity contribution in [1.29, 1.82) is 0 Å². The second kappa shape index (κ2) is 6.43. The molecule has 0 saturated heterocycles. The van der Waals surface area contributed by atoms with Crippen LogP contribution in [-0.2, 0) is 16.1 Å². The Kier molecular flexibility index (Phi) is 4.63. The van der Waals surface area contributed by atoms with E-state index in [1.807, 2.05) is 35.0 Å². The minimum Gasteiger partial charge on any atom is -0.481 e. The molecule has 0 bridgehead atoms. The van der Waals surface area contributed by atoms with Crippen LogP contribution in [0.2, 0.25) is 5.02 Å². The summed E-state index contributed by atoms with van der Waals surface area (Å²) < 4.78 is 1.96. The summed E-state index contributed by atoms with van der Waals surface area (Å²) in [6.07, 6.45) is 2.13. The Bertz CT molecular complexity index is 636. The average Bonchev–Trinajstić information content (AvgIpc) is 2.80. The van der Waals surface area contributed by atoms with E-state index in [0.29, 0.717) is 18.0 Å². The topological polar surface area (TPSA) is 71.3 Å². The molecular formula is C14H15ClN2O3. The molecule has 106 valence electrons. The van der Waals surface area contributed by atoms with Crippen molar-refractivity contribution in [3.05, 3.63) is 35.5 Å². The summed E-state index contributed by atoms with van der Waals surface area (Å²) in [7, 11) is 0. The van der Waals surface area contributed by atoms with E-state index in [1.165, 1.54) is 0 Å². The van der Waals surface area contributed by atoms with Crippen LogP contribution in [0, 0.1) is 0 Å². The molecule has 5 nitrogen and oxygen atoms in total. The lowest BCUT2D eigenvalue weighted by atomic mass is 10.2. The summed E-state index contributed by atoms with van der Waals surface area (Å²) in [5, 5.41) is 12.7. The Morgan fingerprint density at radius 2 is 2.05 bits per heavy atom. The van der Waals surface area contributed by atoms with Crippen molar-refractivity contribution >= 4 is 34.4 Å². The molecule has 0 fully saturated rings. The second-order valence-corrected chi connectivity index (χ2v) is 4.83. The molecule has 6 heteroatoms. The fourth-order valence-corrected chi connectivity index (χ4v) is 2.23. The van der Waals surface area contributed by atoms with Crippen LogP contribution >= 0.6 is 11.6 Å². The van der Waals surface area contributed by atoms with Crippen LogP contribution in [0.15, 0.2) is 30.5 Å². The van der Waals surface area contributed by atoms with Gasteiger partial charge < -0.3 is 15.0 Å². The minimum atomic E-state index is -0.920. The number of fused-ring (bicyclic) bond motifs is 1. The highest BCUT2D eigenvalue weighted by atomic mass is 35.5. The fourth-order valence-electron chi connectivity index (χ4n) is 2.00. The Morgan fingerprint density at radius 3 is 2.80 bits per heavy atom. The van der Waals surface area contributed by atoms with Gasteiger partial charge in [-0.05, 0) is 18.2 Å². The maximum absolute atomic E-state index is 11.6. The number of hydrogen-bond donors (Lipinski definition) is 2. The van der Waals surface area contributed by atoms with Crippen molar-refractivity contribution in [2.24, 2.45) is 0 Å². The Balaban J connectivity index is 1.91. The van der Waals surface area contributed by atoms with Gasteiger partial charge in [0.15, 0.2) is 0 Å². The van der Waals surface area contributed by atoms with Gasteiger partial charge in [-0.25, -0.2) is 0 Å². The molecule has 0 aliphatic heterocycles. The van der Waals surface area contributed by atoms with Crippen molar-refractivity contribution < 1.29 is 14.7 Å². The van der Waals surface area contributed by atoms with Crippen LogP contribution in [0.4, 0.5) is 0 Å². The maximum Gasteiger partial charge on any atom is 0.305 e. The SMILES string of the molecule is O=C(O)CCNC(=O)CCn1ccc2c(Cl)cccc21. The zero-order valence-corrected chi connectivity index (χ0v) is 11.6. The first kappa shape index (κ1) is 14.4. The number of halogens is 1. The number of aliphatic carboxylic acids is 1. The summed E-state index contributed by atoms with van der Waals surface area (Å²) in [6.45, 7) is 0.690. The summed E-state index contributed by atoms with van der Waals surface area (Å²) >= 11 is 6.08. The summed E-state index contributed by atoms with van der Waals surface area (Å²) in [5.74, 6) is -1.08. The smallest absolute Gasteiger partial charge is 0.305 e. The van der Waals surface area contributed by atoms with Crippen molar-refractivity contribution in [2.75, 3.05) is 6.54 Å². The maximum atomic E-state index is 11.6. The van der Waals surface area contributed by atoms with E-state index in [9.17, 15) is 9.59 Å². The third-order valence-corrected chi connectivity index (χ3v) is 3.33. The first-order chi connectivity index (χ1) is 9.58. The van der Waals surface area contributed by atoms with E-state index >= 15 is 0 Å². The first-order valence-corrected chi connectivity index (χ1v) is 6.67. The number of carboxylic acid groups (broad SMARTS) is 1. The number of nitrogens with zero attached hydrogens (tertiary/aromatic N) is 1. The molecule has 0 radical (unpaired) electrons. The third-order valence-electron chi connectivity index (χ3n) is 3.00. The Hall–Kier alpha value is -2.01. The second-order valence-electron chi connectivity index (χ2n) is 4.43. The molecule has 1 aromatic heterocycles. The number of nitrogens with one attached hydrogen (secondary N) is 1. The molecule has 1 aromatic carbocycles. The number of aryl methyl sites for hydroxylation is 1. The predicted octanol–water partition coefficient (Wildman–Crippen LogP) is 2.28. The lowest BCUT2D eigenvalue weighted by molar-refractivity contribution is -0.136. The first-order valence-electron chi connectivity index (χ1n) is 6.30. The van der Waals surface area contributed by atoms with E-state index in [-0.39, 0.29) is 18.9 Å². The average molecular weight is 295 g/mol. The summed E-state index contributed by atoms with van der Waals surface area (Å²) in [5.41, 5.74) is 0.982. The van der Waals surface area contributed by atoms with E-state index < -0.39 is 5.97 Å². The Morgan fingerprint density at radius 1 is 1.25 bits per heavy atom. The van der Waals surface area contributed by atoms with Gasteiger partial charge in [0.05, 0.1) is 6.42 Å². The molecule has 2 N–H and O–H groups in total. The van der Waals surface area contributed by atoms with Gasteiger partial charge in [0.25, 0.3) is 0 Å². The van der Waals surface area contributed by atoms with Gasteiger partial charge in [-0.3, -0.25) is 9.59 Å². The largest absolute Gasteiger partial charge is 0.481 e. The number of carbonyl (C=O) groups excluding carboxylic acids is 1. The van der Waals surface area contributed by atoms with E-state index in [4.69, 9.17) is 16.7 Å². The summed E-state index contributed by atoms with van der Waals surface area (Å²) in [6, 6.07) is 7.56. The number of rotatable bonds is 6.